The molecule has 0 spiro atoms. The largest absolute Gasteiger partial charge is 0.478 e. The number of benzene rings is 1. The molecule has 0 unspecified atom stereocenters. The van der Waals surface area contributed by atoms with Crippen LogP contribution in [0.4, 0.5) is 11.5 Å². The van der Waals surface area contributed by atoms with Gasteiger partial charge in [-0.1, -0.05) is 20.8 Å². The van der Waals surface area contributed by atoms with Gasteiger partial charge in [0, 0.05) is 12.5 Å². The van der Waals surface area contributed by atoms with Gasteiger partial charge in [0.05, 0.1) is 28.7 Å². The van der Waals surface area contributed by atoms with E-state index in [-0.39, 0.29) is 33.6 Å². The van der Waals surface area contributed by atoms with Gasteiger partial charge in [0.25, 0.3) is 0 Å². The second kappa shape index (κ2) is 8.82. The van der Waals surface area contributed by atoms with Crippen LogP contribution < -0.4 is 11.5 Å². The summed E-state index contributed by atoms with van der Waals surface area (Å²) < 4.78 is 4.68. The molecular formula is C22H25N9O4. The van der Waals surface area contributed by atoms with Crippen molar-refractivity contribution >= 4 is 29.1 Å². The van der Waals surface area contributed by atoms with Gasteiger partial charge in [-0.05, 0) is 25.1 Å². The Morgan fingerprint density at radius 1 is 1.06 bits per heavy atom. The number of hydrogen-bond acceptors (Lipinski definition) is 8. The van der Waals surface area contributed by atoms with Crippen molar-refractivity contribution in [3.63, 3.8) is 0 Å². The Labute approximate surface area is 199 Å². The number of hydrogen-bond donors (Lipinski definition) is 4. The van der Waals surface area contributed by atoms with Crippen LogP contribution in [0.25, 0.3) is 11.3 Å². The lowest BCUT2D eigenvalue weighted by atomic mass is 9.91. The molecule has 1 aromatic carbocycles. The lowest BCUT2D eigenvalue weighted by molar-refractivity contribution is 0.0696. The third-order valence-electron chi connectivity index (χ3n) is 5.22. The first-order valence-electron chi connectivity index (χ1n) is 10.3. The van der Waals surface area contributed by atoms with Gasteiger partial charge in [-0.2, -0.15) is 15.5 Å². The number of fused-ring (bicyclic) bond motifs is 1. The van der Waals surface area contributed by atoms with Crippen molar-refractivity contribution in [3.05, 3.63) is 52.6 Å². The van der Waals surface area contributed by atoms with Crippen LogP contribution in [0, 0.1) is 18.3 Å². The van der Waals surface area contributed by atoms with Gasteiger partial charge in [0.2, 0.25) is 0 Å². The minimum atomic E-state index is -1.28. The number of nitrogens with zero attached hydrogens (tertiary/aromatic N) is 7. The highest BCUT2D eigenvalue weighted by Crippen LogP contribution is 2.29. The number of carboxylic acid groups (broad SMARTS) is 2. The van der Waals surface area contributed by atoms with Crippen LogP contribution in [0.2, 0.25) is 0 Å². The number of aryl methyl sites for hydroxylation is 2. The Morgan fingerprint density at radius 3 is 2.06 bits per heavy atom. The summed E-state index contributed by atoms with van der Waals surface area (Å²) in [4.78, 5) is 22.0. The van der Waals surface area contributed by atoms with Gasteiger partial charge < -0.3 is 26.2 Å². The molecule has 0 aliphatic carbocycles. The Morgan fingerprint density at radius 2 is 1.63 bits per heavy atom. The molecular weight excluding hydrogens is 454 g/mol. The van der Waals surface area contributed by atoms with Gasteiger partial charge in [-0.3, -0.25) is 0 Å². The molecule has 13 nitrogen and oxygen atoms in total. The van der Waals surface area contributed by atoms with Gasteiger partial charge in [-0.15, -0.1) is 9.73 Å². The molecule has 0 amide bonds. The summed E-state index contributed by atoms with van der Waals surface area (Å²) in [5.41, 5.74) is 14.1. The van der Waals surface area contributed by atoms with Crippen molar-refractivity contribution in [2.24, 2.45) is 7.05 Å². The maximum Gasteiger partial charge on any atom is 0.335 e. The molecule has 0 aliphatic heterocycles. The van der Waals surface area contributed by atoms with Gasteiger partial charge in [0.1, 0.15) is 29.0 Å². The summed E-state index contributed by atoms with van der Waals surface area (Å²) in [5.74, 6) is -1.64. The lowest BCUT2D eigenvalue weighted by Crippen LogP contribution is -2.14. The second-order valence-corrected chi connectivity index (χ2v) is 8.78. The molecule has 182 valence electrons. The topological polar surface area (TPSA) is 203 Å². The van der Waals surface area contributed by atoms with Crippen LogP contribution >= 0.6 is 0 Å². The predicted molar refractivity (Wildman–Crippen MR) is 126 cm³/mol. The van der Waals surface area contributed by atoms with Crippen molar-refractivity contribution in [1.82, 2.24) is 29.2 Å². The molecule has 0 fully saturated rings. The number of nitrogen functional groups attached to an aromatic ring is 2. The summed E-state index contributed by atoms with van der Waals surface area (Å²) >= 11 is 0. The minimum absolute atomic E-state index is 0.00591. The van der Waals surface area contributed by atoms with Crippen molar-refractivity contribution < 1.29 is 19.8 Å². The summed E-state index contributed by atoms with van der Waals surface area (Å²) in [6.45, 7) is 8.22. The van der Waals surface area contributed by atoms with E-state index in [9.17, 15) is 9.59 Å². The Balaban J connectivity index is 0.000000203. The number of nitrogens with two attached hydrogens (primary N) is 2. The summed E-state index contributed by atoms with van der Waals surface area (Å²) in [7, 11) is 1.95. The first-order valence-corrected chi connectivity index (χ1v) is 10.3. The highest BCUT2D eigenvalue weighted by Gasteiger charge is 2.25. The monoisotopic (exact) mass is 479 g/mol. The van der Waals surface area contributed by atoms with Crippen LogP contribution in [0.3, 0.4) is 0 Å². The Bertz CT molecular complexity index is 1460. The fourth-order valence-electron chi connectivity index (χ4n) is 3.34. The van der Waals surface area contributed by atoms with E-state index >= 15 is 0 Å². The molecule has 0 atom stereocenters. The Hall–Kier alpha value is -4.86. The third kappa shape index (κ3) is 4.62. The Kier molecular flexibility index (Phi) is 6.25. The van der Waals surface area contributed by atoms with Crippen LogP contribution in [-0.4, -0.2) is 51.3 Å². The summed E-state index contributed by atoms with van der Waals surface area (Å²) in [6.07, 6.45) is 1.21. The molecule has 4 rings (SSSR count). The van der Waals surface area contributed by atoms with E-state index in [1.807, 2.05) is 24.6 Å². The number of carboxylic acids is 2. The molecule has 0 radical (unpaired) electrons. The summed E-state index contributed by atoms with van der Waals surface area (Å²) in [5, 5.41) is 39.3. The zero-order valence-corrected chi connectivity index (χ0v) is 19.8. The average molecular weight is 480 g/mol. The fraction of sp³-hybridized carbons (Fsp3) is 0.273. The standard InChI is InChI=1S/C12H8N4O4.C10H17N5/c13-4-8-5-15-16(10(8)14)9-2-6(11(17)18)1-7(3-9)12(19)20;1-6-12-15-9(14(6)5)7(11)8(13-15)10(2,3)4/h1-3,5H,14H2,(H,17,18)(H,19,20);11H2,1-5H3. The molecule has 3 aromatic heterocycles. The van der Waals surface area contributed by atoms with Crippen molar-refractivity contribution in [3.8, 4) is 11.8 Å². The van der Waals surface area contributed by atoms with Crippen LogP contribution in [-0.2, 0) is 12.5 Å². The van der Waals surface area contributed by atoms with E-state index in [1.54, 1.807) is 4.63 Å². The van der Waals surface area contributed by atoms with Gasteiger partial charge in [0.15, 0.2) is 5.65 Å². The fourth-order valence-corrected chi connectivity index (χ4v) is 3.34. The molecule has 13 heteroatoms. The van der Waals surface area contributed by atoms with Crippen molar-refractivity contribution in [2.45, 2.75) is 33.1 Å². The number of rotatable bonds is 3. The molecule has 0 saturated heterocycles. The predicted octanol–water partition coefficient (Wildman–Crippen LogP) is 1.98. The van der Waals surface area contributed by atoms with Crippen LogP contribution in [0.5, 0.6) is 0 Å². The number of aromatic carboxylic acids is 2. The number of aromatic nitrogens is 6. The zero-order chi connectivity index (χ0) is 26.2. The number of carbonyl (C=O) groups is 2. The number of anilines is 2. The van der Waals surface area contributed by atoms with Crippen LogP contribution in [0.15, 0.2) is 24.4 Å². The first kappa shape index (κ1) is 24.8. The normalized spacial score (nSPS) is 11.1. The molecule has 0 saturated carbocycles. The first-order chi connectivity index (χ1) is 16.3. The van der Waals surface area contributed by atoms with Gasteiger partial charge in [-0.25, -0.2) is 14.3 Å². The van der Waals surface area contributed by atoms with E-state index in [4.69, 9.17) is 26.9 Å². The molecule has 3 heterocycles. The third-order valence-corrected chi connectivity index (χ3v) is 5.22. The lowest BCUT2D eigenvalue weighted by Gasteiger charge is -2.15. The van der Waals surface area contributed by atoms with E-state index < -0.39 is 11.9 Å². The molecule has 0 bridgehead atoms. The molecule has 6 N–H and O–H groups in total. The molecule has 35 heavy (non-hydrogen) atoms. The SMILES string of the molecule is Cc1nn2nc(C(C)(C)C)c(N)c2n1C.N#Cc1cnn(-c2cc(C(=O)O)cc(C(=O)O)c2)c1N. The van der Waals surface area contributed by atoms with E-state index in [0.717, 1.165) is 33.6 Å². The highest BCUT2D eigenvalue weighted by atomic mass is 16.4. The van der Waals surface area contributed by atoms with E-state index in [2.05, 4.69) is 36.1 Å². The highest BCUT2D eigenvalue weighted by molar-refractivity contribution is 5.94. The molecule has 0 aliphatic rings. The van der Waals surface area contributed by atoms with Crippen LogP contribution in [0.1, 0.15) is 58.6 Å². The zero-order valence-electron chi connectivity index (χ0n) is 19.8. The summed E-state index contributed by atoms with van der Waals surface area (Å²) in [6, 6.07) is 5.29. The van der Waals surface area contributed by atoms with E-state index in [0.29, 0.717) is 0 Å². The number of nitriles is 1. The molecule has 4 aromatic rings. The van der Waals surface area contributed by atoms with Crippen molar-refractivity contribution in [1.29, 1.82) is 5.26 Å². The quantitative estimate of drug-likeness (QED) is 0.336. The van der Waals surface area contributed by atoms with Crippen molar-refractivity contribution in [2.75, 3.05) is 11.5 Å². The maximum atomic E-state index is 11.0. The van der Waals surface area contributed by atoms with Gasteiger partial charge >= 0.3 is 11.9 Å². The second-order valence-electron chi connectivity index (χ2n) is 8.78. The smallest absolute Gasteiger partial charge is 0.335 e. The average Bonchev–Trinajstić information content (AvgIpc) is 3.40. The maximum absolute atomic E-state index is 11.0. The minimum Gasteiger partial charge on any atom is -0.478 e. The van der Waals surface area contributed by atoms with E-state index in [1.165, 1.54) is 18.3 Å².